The van der Waals surface area contributed by atoms with Crippen LogP contribution < -0.4 is 10.6 Å². The summed E-state index contributed by atoms with van der Waals surface area (Å²) in [6.07, 6.45) is 1.33. The van der Waals surface area contributed by atoms with Crippen molar-refractivity contribution in [3.05, 3.63) is 65.7 Å². The number of nitrogens with zero attached hydrogens (tertiary/aromatic N) is 3. The average Bonchev–Trinajstić information content (AvgIpc) is 3.21. The monoisotopic (exact) mass is 491 g/mol. The number of aliphatic imine (C=N–C) groups is 2. The van der Waals surface area contributed by atoms with Crippen LogP contribution in [0.2, 0.25) is 0 Å². The highest BCUT2D eigenvalue weighted by atomic mass is 32.2. The van der Waals surface area contributed by atoms with Gasteiger partial charge in [0, 0.05) is 24.6 Å². The molecule has 0 radical (unpaired) electrons. The van der Waals surface area contributed by atoms with E-state index in [1.54, 1.807) is 0 Å². The molecule has 8 nitrogen and oxygen atoms in total. The molecule has 182 valence electrons. The maximum Gasteiger partial charge on any atom is 0.259 e. The van der Waals surface area contributed by atoms with Gasteiger partial charge in [-0.25, -0.2) is 9.89 Å². The first-order valence-electron chi connectivity index (χ1n) is 11.8. The lowest BCUT2D eigenvalue weighted by Crippen LogP contribution is -2.42. The van der Waals surface area contributed by atoms with Crippen LogP contribution in [0.3, 0.4) is 0 Å². The Morgan fingerprint density at radius 1 is 1.09 bits per heavy atom. The number of nitrogens with one attached hydrogen (secondary N) is 2. The molecule has 0 bridgehead atoms. The first-order valence-corrected chi connectivity index (χ1v) is 12.8. The molecule has 4 rings (SSSR count). The molecule has 2 unspecified atom stereocenters. The van der Waals surface area contributed by atoms with Gasteiger partial charge in [-0.3, -0.25) is 19.4 Å². The third-order valence-corrected chi connectivity index (χ3v) is 6.82. The van der Waals surface area contributed by atoms with Crippen LogP contribution >= 0.6 is 11.8 Å². The van der Waals surface area contributed by atoms with Crippen LogP contribution in [0.15, 0.2) is 64.6 Å². The van der Waals surface area contributed by atoms with Gasteiger partial charge < -0.3 is 10.6 Å². The Kier molecular flexibility index (Phi) is 7.97. The van der Waals surface area contributed by atoms with Gasteiger partial charge in [0.25, 0.3) is 5.91 Å². The summed E-state index contributed by atoms with van der Waals surface area (Å²) in [5.74, 6) is 0.216. The van der Waals surface area contributed by atoms with E-state index in [0.717, 1.165) is 17.5 Å². The summed E-state index contributed by atoms with van der Waals surface area (Å²) < 4.78 is 0. The zero-order valence-corrected chi connectivity index (χ0v) is 20.7. The fraction of sp³-hybridized carbons (Fsp3) is 0.346. The second kappa shape index (κ2) is 11.3. The summed E-state index contributed by atoms with van der Waals surface area (Å²) in [5.41, 5.74) is 2.49. The largest absolute Gasteiger partial charge is 0.353 e. The van der Waals surface area contributed by atoms with Crippen molar-refractivity contribution in [2.45, 2.75) is 51.7 Å². The lowest BCUT2D eigenvalue weighted by atomic mass is 10.1. The number of para-hydroxylation sites is 1. The van der Waals surface area contributed by atoms with Crippen LogP contribution in [0.1, 0.15) is 44.2 Å². The molecular formula is C26H29N5O3S. The Hall–Kier alpha value is -3.46. The molecular weight excluding hydrogens is 462 g/mol. The molecule has 0 saturated heterocycles. The van der Waals surface area contributed by atoms with Gasteiger partial charge in [0.15, 0.2) is 5.17 Å². The molecule has 2 aromatic rings. The highest BCUT2D eigenvalue weighted by Gasteiger charge is 2.41. The molecule has 0 aliphatic carbocycles. The number of benzene rings is 2. The predicted molar refractivity (Wildman–Crippen MR) is 139 cm³/mol. The maximum absolute atomic E-state index is 13.3. The van der Waals surface area contributed by atoms with Gasteiger partial charge in [0.05, 0.1) is 11.4 Å². The summed E-state index contributed by atoms with van der Waals surface area (Å²) >= 11 is 1.22. The highest BCUT2D eigenvalue weighted by molar-refractivity contribution is 8.14. The van der Waals surface area contributed by atoms with Crippen LogP contribution in [0.25, 0.3) is 0 Å². The molecule has 9 heteroatoms. The number of fused-ring (bicyclic) bond motifs is 3. The number of amidine groups is 2. The van der Waals surface area contributed by atoms with E-state index in [4.69, 9.17) is 0 Å². The molecule has 0 aromatic heterocycles. The maximum atomic E-state index is 13.3. The fourth-order valence-electron chi connectivity index (χ4n) is 3.79. The Balaban J connectivity index is 1.42. The molecule has 2 atom stereocenters. The van der Waals surface area contributed by atoms with Crippen LogP contribution in [-0.4, -0.2) is 51.5 Å². The molecule has 2 heterocycles. The van der Waals surface area contributed by atoms with E-state index in [2.05, 4.69) is 20.6 Å². The molecule has 0 saturated carbocycles. The first kappa shape index (κ1) is 24.7. The lowest BCUT2D eigenvalue weighted by molar-refractivity contribution is -0.125. The van der Waals surface area contributed by atoms with E-state index < -0.39 is 6.04 Å². The second-order valence-electron chi connectivity index (χ2n) is 8.52. The zero-order chi connectivity index (χ0) is 24.8. The quantitative estimate of drug-likeness (QED) is 0.561. The number of hydrogen-bond donors (Lipinski definition) is 2. The number of hydrogen-bond acceptors (Lipinski definition) is 6. The van der Waals surface area contributed by atoms with Crippen LogP contribution in [0.4, 0.5) is 5.69 Å². The van der Waals surface area contributed by atoms with Crippen molar-refractivity contribution in [2.24, 2.45) is 9.98 Å². The lowest BCUT2D eigenvalue weighted by Gasteiger charge is -2.25. The summed E-state index contributed by atoms with van der Waals surface area (Å²) in [4.78, 5) is 48.8. The summed E-state index contributed by atoms with van der Waals surface area (Å²) in [7, 11) is 0. The smallest absolute Gasteiger partial charge is 0.259 e. The number of rotatable bonds is 9. The molecule has 2 aromatic carbocycles. The van der Waals surface area contributed by atoms with Gasteiger partial charge in [0.2, 0.25) is 11.8 Å². The molecule has 35 heavy (non-hydrogen) atoms. The highest BCUT2D eigenvalue weighted by Crippen LogP contribution is 2.34. The molecule has 0 fully saturated rings. The minimum atomic E-state index is -0.668. The van der Waals surface area contributed by atoms with Gasteiger partial charge in [0.1, 0.15) is 11.9 Å². The molecule has 2 aliphatic heterocycles. The third-order valence-electron chi connectivity index (χ3n) is 5.88. The molecule has 2 N–H and O–H groups in total. The fourth-order valence-corrected chi connectivity index (χ4v) is 4.60. The van der Waals surface area contributed by atoms with Gasteiger partial charge in [-0.2, -0.15) is 0 Å². The van der Waals surface area contributed by atoms with Crippen molar-refractivity contribution < 1.29 is 14.4 Å². The Morgan fingerprint density at radius 3 is 2.60 bits per heavy atom. The normalized spacial score (nSPS) is 17.1. The van der Waals surface area contributed by atoms with Crippen molar-refractivity contribution in [3.63, 3.8) is 0 Å². The van der Waals surface area contributed by atoms with Crippen LogP contribution in [-0.2, 0) is 20.9 Å². The number of carbonyl (C=O) groups excluding carboxylic acids is 3. The molecule has 0 spiro atoms. The van der Waals surface area contributed by atoms with Crippen molar-refractivity contribution >= 4 is 46.2 Å². The van der Waals surface area contributed by atoms with Gasteiger partial charge >= 0.3 is 0 Å². The van der Waals surface area contributed by atoms with Crippen molar-refractivity contribution in [3.8, 4) is 0 Å². The minimum Gasteiger partial charge on any atom is -0.353 e. The second-order valence-corrected chi connectivity index (χ2v) is 9.46. The van der Waals surface area contributed by atoms with Gasteiger partial charge in [-0.1, -0.05) is 61.2 Å². The summed E-state index contributed by atoms with van der Waals surface area (Å²) in [5, 5.41) is 6.26. The zero-order valence-electron chi connectivity index (χ0n) is 19.9. The van der Waals surface area contributed by atoms with E-state index >= 15 is 0 Å². The SMILES string of the molecule is CCC(C)NC(=O)CSC1=Nc2ccccc2C2=NC(CCC(=O)NCc3ccccc3)C(=O)N12. The minimum absolute atomic E-state index is 0.0834. The third kappa shape index (κ3) is 5.97. The predicted octanol–water partition coefficient (Wildman–Crippen LogP) is 3.39. The van der Waals surface area contributed by atoms with E-state index in [1.165, 1.54) is 16.7 Å². The number of thioether (sulfide) groups is 1. The van der Waals surface area contributed by atoms with Crippen molar-refractivity contribution in [1.29, 1.82) is 0 Å². The van der Waals surface area contributed by atoms with E-state index in [-0.39, 0.29) is 35.9 Å². The summed E-state index contributed by atoms with van der Waals surface area (Å²) in [6.45, 7) is 4.40. The molecule has 3 amide bonds. The molecule has 2 aliphatic rings. The van der Waals surface area contributed by atoms with Crippen molar-refractivity contribution in [2.75, 3.05) is 5.75 Å². The van der Waals surface area contributed by atoms with E-state index in [9.17, 15) is 14.4 Å². The van der Waals surface area contributed by atoms with E-state index in [0.29, 0.717) is 29.7 Å². The Bertz CT molecular complexity index is 1160. The first-order chi connectivity index (χ1) is 17.0. The number of carbonyl (C=O) groups is 3. The van der Waals surface area contributed by atoms with E-state index in [1.807, 2.05) is 68.4 Å². The van der Waals surface area contributed by atoms with Crippen molar-refractivity contribution in [1.82, 2.24) is 15.5 Å². The standard InChI is InChI=1S/C26H29N5O3S/c1-3-17(2)28-23(33)16-35-26-30-20-12-8-7-11-19(20)24-29-21(25(34)31(24)26)13-14-22(32)27-15-18-9-5-4-6-10-18/h4-12,17,21H,3,13-16H2,1-2H3,(H,27,32)(H,28,33). The van der Waals surface area contributed by atoms with Crippen LogP contribution in [0.5, 0.6) is 0 Å². The summed E-state index contributed by atoms with van der Waals surface area (Å²) in [6, 6.07) is 16.6. The average molecular weight is 492 g/mol. The Morgan fingerprint density at radius 2 is 1.83 bits per heavy atom. The van der Waals surface area contributed by atoms with Crippen LogP contribution in [0, 0.1) is 0 Å². The van der Waals surface area contributed by atoms with Gasteiger partial charge in [-0.05, 0) is 37.5 Å². The topological polar surface area (TPSA) is 103 Å². The van der Waals surface area contributed by atoms with Gasteiger partial charge in [-0.15, -0.1) is 0 Å². The number of amides is 3. The Labute approximate surface area is 209 Å².